The first-order valence-corrected chi connectivity index (χ1v) is 9.60. The summed E-state index contributed by atoms with van der Waals surface area (Å²) >= 11 is 5.57. The number of halogens is 1. The van der Waals surface area contributed by atoms with Gasteiger partial charge in [0.05, 0.1) is 0 Å². The molecular formula is C21H22FN3OS. The number of rotatable bonds is 3. The summed E-state index contributed by atoms with van der Waals surface area (Å²) in [5.41, 5.74) is 1.23. The standard InChI is InChI=1S/C21H22FN3OS/c1-15-13-21(10-11-24(15)14-16-6-3-2-4-7-16)19(27)23-20(26)25(21)18-9-5-8-17(22)12-18/h2-9,12,15H,10-11,13-14H2,1H3,(H,23,26,27). The lowest BCUT2D eigenvalue weighted by molar-refractivity contribution is 0.124. The summed E-state index contributed by atoms with van der Waals surface area (Å²) in [6.45, 7) is 3.85. The van der Waals surface area contributed by atoms with Gasteiger partial charge in [0.1, 0.15) is 16.3 Å². The van der Waals surface area contributed by atoms with Gasteiger partial charge >= 0.3 is 6.03 Å². The average Bonchev–Trinajstić information content (AvgIpc) is 2.88. The highest BCUT2D eigenvalue weighted by atomic mass is 32.1. The molecule has 0 bridgehead atoms. The first kappa shape index (κ1) is 18.1. The predicted molar refractivity (Wildman–Crippen MR) is 108 cm³/mol. The van der Waals surface area contributed by atoms with Crippen molar-refractivity contribution in [3.8, 4) is 0 Å². The van der Waals surface area contributed by atoms with Gasteiger partial charge in [-0.15, -0.1) is 0 Å². The summed E-state index contributed by atoms with van der Waals surface area (Å²) in [5.74, 6) is -0.358. The van der Waals surface area contributed by atoms with E-state index in [1.54, 1.807) is 17.0 Å². The second-order valence-corrected chi connectivity index (χ2v) is 7.77. The SMILES string of the molecule is CC1CC2(CCN1Cc1ccccc1)C(=S)NC(=O)N2c1cccc(F)c1. The van der Waals surface area contributed by atoms with Crippen LogP contribution in [0.3, 0.4) is 0 Å². The van der Waals surface area contributed by atoms with Crippen LogP contribution in [0.25, 0.3) is 0 Å². The van der Waals surface area contributed by atoms with E-state index in [-0.39, 0.29) is 17.9 Å². The molecular weight excluding hydrogens is 361 g/mol. The maximum atomic E-state index is 13.8. The highest BCUT2D eigenvalue weighted by molar-refractivity contribution is 7.80. The number of carbonyl (C=O) groups is 1. The summed E-state index contributed by atoms with van der Waals surface area (Å²) in [5, 5.41) is 2.81. The van der Waals surface area contributed by atoms with Crippen molar-refractivity contribution in [2.24, 2.45) is 0 Å². The fourth-order valence-electron chi connectivity index (χ4n) is 4.28. The Kier molecular flexibility index (Phi) is 4.70. The molecule has 2 aromatic rings. The molecule has 2 heterocycles. The molecule has 2 unspecified atom stereocenters. The van der Waals surface area contributed by atoms with E-state index >= 15 is 0 Å². The van der Waals surface area contributed by atoms with E-state index in [2.05, 4.69) is 29.3 Å². The van der Waals surface area contributed by atoms with Crippen LogP contribution in [0.4, 0.5) is 14.9 Å². The Labute approximate surface area is 164 Å². The van der Waals surface area contributed by atoms with Gasteiger partial charge in [-0.3, -0.25) is 15.1 Å². The number of amides is 2. The minimum Gasteiger partial charge on any atom is -0.300 e. The molecule has 2 aliphatic rings. The number of urea groups is 1. The van der Waals surface area contributed by atoms with Crippen LogP contribution in [-0.4, -0.2) is 34.0 Å². The average molecular weight is 383 g/mol. The number of likely N-dealkylation sites (tertiary alicyclic amines) is 1. The maximum Gasteiger partial charge on any atom is 0.327 e. The number of anilines is 1. The fraction of sp³-hybridized carbons (Fsp3) is 0.333. The molecule has 4 nitrogen and oxygen atoms in total. The third kappa shape index (κ3) is 3.24. The van der Waals surface area contributed by atoms with E-state index in [9.17, 15) is 9.18 Å². The number of nitrogens with zero attached hydrogens (tertiary/aromatic N) is 2. The number of hydrogen-bond acceptors (Lipinski definition) is 3. The monoisotopic (exact) mass is 383 g/mol. The maximum absolute atomic E-state index is 13.8. The fourth-order valence-corrected chi connectivity index (χ4v) is 4.64. The topological polar surface area (TPSA) is 35.6 Å². The van der Waals surface area contributed by atoms with Gasteiger partial charge in [0, 0.05) is 24.8 Å². The first-order chi connectivity index (χ1) is 13.0. The van der Waals surface area contributed by atoms with Crippen LogP contribution in [0.2, 0.25) is 0 Å². The Morgan fingerprint density at radius 1 is 1.22 bits per heavy atom. The molecule has 2 fully saturated rings. The quantitative estimate of drug-likeness (QED) is 0.811. The Morgan fingerprint density at radius 2 is 2.00 bits per heavy atom. The van der Waals surface area contributed by atoms with E-state index in [1.165, 1.54) is 17.7 Å². The van der Waals surface area contributed by atoms with Gasteiger partial charge in [-0.1, -0.05) is 48.6 Å². The van der Waals surface area contributed by atoms with E-state index in [0.717, 1.165) is 19.5 Å². The summed E-state index contributed by atoms with van der Waals surface area (Å²) in [6, 6.07) is 16.5. The second-order valence-electron chi connectivity index (χ2n) is 7.37. The van der Waals surface area contributed by atoms with Crippen molar-refractivity contribution >= 4 is 28.9 Å². The summed E-state index contributed by atoms with van der Waals surface area (Å²) in [7, 11) is 0. The van der Waals surface area contributed by atoms with Gasteiger partial charge in [-0.05, 0) is 43.5 Å². The minimum atomic E-state index is -0.590. The van der Waals surface area contributed by atoms with E-state index < -0.39 is 5.54 Å². The lowest BCUT2D eigenvalue weighted by atomic mass is 9.82. The van der Waals surface area contributed by atoms with Gasteiger partial charge in [-0.2, -0.15) is 0 Å². The van der Waals surface area contributed by atoms with Gasteiger partial charge < -0.3 is 0 Å². The van der Waals surface area contributed by atoms with Crippen LogP contribution in [-0.2, 0) is 6.54 Å². The van der Waals surface area contributed by atoms with E-state index in [4.69, 9.17) is 12.2 Å². The number of carbonyl (C=O) groups excluding carboxylic acids is 1. The van der Waals surface area contributed by atoms with E-state index in [0.29, 0.717) is 17.1 Å². The number of piperidine rings is 1. The molecule has 2 aliphatic heterocycles. The second kappa shape index (κ2) is 7.02. The highest BCUT2D eigenvalue weighted by Crippen LogP contribution is 2.40. The minimum absolute atomic E-state index is 0.237. The third-order valence-electron chi connectivity index (χ3n) is 5.64. The molecule has 2 amide bonds. The van der Waals surface area contributed by atoms with E-state index in [1.807, 2.05) is 18.2 Å². The molecule has 0 saturated carbocycles. The molecule has 2 atom stereocenters. The predicted octanol–water partition coefficient (Wildman–Crippen LogP) is 4.11. The molecule has 0 aliphatic carbocycles. The van der Waals surface area contributed by atoms with Crippen LogP contribution < -0.4 is 10.2 Å². The molecule has 2 saturated heterocycles. The van der Waals surface area contributed by atoms with Crippen molar-refractivity contribution in [2.75, 3.05) is 11.4 Å². The Hall–Kier alpha value is -2.31. The number of hydrogen-bond donors (Lipinski definition) is 1. The van der Waals surface area contributed by atoms with Crippen molar-refractivity contribution in [3.63, 3.8) is 0 Å². The molecule has 27 heavy (non-hydrogen) atoms. The lowest BCUT2D eigenvalue weighted by Gasteiger charge is -2.46. The zero-order valence-electron chi connectivity index (χ0n) is 15.2. The van der Waals surface area contributed by atoms with Gasteiger partial charge in [0.25, 0.3) is 0 Å². The Bertz CT molecular complexity index is 875. The van der Waals surface area contributed by atoms with Crippen molar-refractivity contribution in [3.05, 3.63) is 66.0 Å². The molecule has 4 rings (SSSR count). The zero-order valence-corrected chi connectivity index (χ0v) is 16.0. The largest absolute Gasteiger partial charge is 0.327 e. The Morgan fingerprint density at radius 3 is 2.70 bits per heavy atom. The zero-order chi connectivity index (χ0) is 19.0. The summed E-state index contributed by atoms with van der Waals surface area (Å²) in [4.78, 5) is 17.3. The third-order valence-corrected chi connectivity index (χ3v) is 6.12. The van der Waals surface area contributed by atoms with Crippen molar-refractivity contribution in [1.82, 2.24) is 10.2 Å². The first-order valence-electron chi connectivity index (χ1n) is 9.19. The van der Waals surface area contributed by atoms with Crippen LogP contribution in [0.1, 0.15) is 25.3 Å². The van der Waals surface area contributed by atoms with Crippen molar-refractivity contribution in [1.29, 1.82) is 0 Å². The van der Waals surface area contributed by atoms with Gasteiger partial charge in [0.2, 0.25) is 0 Å². The highest BCUT2D eigenvalue weighted by Gasteiger charge is 2.53. The van der Waals surface area contributed by atoms with Crippen molar-refractivity contribution in [2.45, 2.75) is 37.9 Å². The number of nitrogens with one attached hydrogen (secondary N) is 1. The molecule has 1 N–H and O–H groups in total. The normalized spacial score (nSPS) is 25.9. The van der Waals surface area contributed by atoms with Crippen molar-refractivity contribution < 1.29 is 9.18 Å². The summed E-state index contributed by atoms with van der Waals surface area (Å²) < 4.78 is 13.8. The Balaban J connectivity index is 1.60. The number of benzene rings is 2. The smallest absolute Gasteiger partial charge is 0.300 e. The number of thiocarbonyl (C=S) groups is 1. The van der Waals surface area contributed by atoms with Gasteiger partial charge in [0.15, 0.2) is 0 Å². The molecule has 1 spiro atoms. The molecule has 6 heteroatoms. The molecule has 0 aromatic heterocycles. The molecule has 140 valence electrons. The van der Waals surface area contributed by atoms with Crippen LogP contribution >= 0.6 is 12.2 Å². The molecule has 0 radical (unpaired) electrons. The molecule has 2 aromatic carbocycles. The van der Waals surface area contributed by atoms with Crippen LogP contribution in [0.5, 0.6) is 0 Å². The van der Waals surface area contributed by atoms with Crippen LogP contribution in [0.15, 0.2) is 54.6 Å². The summed E-state index contributed by atoms with van der Waals surface area (Å²) in [6.07, 6.45) is 1.44. The lowest BCUT2D eigenvalue weighted by Crippen LogP contribution is -2.58. The van der Waals surface area contributed by atoms with Crippen LogP contribution in [0, 0.1) is 5.82 Å². The van der Waals surface area contributed by atoms with Gasteiger partial charge in [-0.25, -0.2) is 9.18 Å².